The maximum absolute atomic E-state index is 12.2. The number of amides is 1. The molecule has 0 aliphatic carbocycles. The van der Waals surface area contributed by atoms with Crippen molar-refractivity contribution >= 4 is 11.9 Å². The summed E-state index contributed by atoms with van der Waals surface area (Å²) in [6.45, 7) is 6.10. The highest BCUT2D eigenvalue weighted by Gasteiger charge is 2.23. The van der Waals surface area contributed by atoms with Crippen LogP contribution in [0.5, 0.6) is 5.75 Å². The van der Waals surface area contributed by atoms with Crippen LogP contribution in [0.25, 0.3) is 0 Å². The summed E-state index contributed by atoms with van der Waals surface area (Å²) in [5.74, 6) is -0.817. The van der Waals surface area contributed by atoms with E-state index in [-0.39, 0.29) is 5.92 Å². The monoisotopic (exact) mass is 279 g/mol. The number of para-hydroxylation sites is 1. The van der Waals surface area contributed by atoms with Crippen LogP contribution in [0.4, 0.5) is 0 Å². The molecule has 1 aromatic rings. The molecule has 0 bridgehead atoms. The molecule has 110 valence electrons. The van der Waals surface area contributed by atoms with Gasteiger partial charge in [0.15, 0.2) is 0 Å². The van der Waals surface area contributed by atoms with Crippen LogP contribution >= 0.6 is 0 Å². The Morgan fingerprint density at radius 1 is 1.30 bits per heavy atom. The van der Waals surface area contributed by atoms with Crippen LogP contribution in [0.1, 0.15) is 37.6 Å². The predicted molar refractivity (Wildman–Crippen MR) is 76.0 cm³/mol. The molecular weight excluding hydrogens is 258 g/mol. The van der Waals surface area contributed by atoms with Crippen molar-refractivity contribution in [3.05, 3.63) is 29.8 Å². The summed E-state index contributed by atoms with van der Waals surface area (Å²) in [6.07, 6.45) is 0.387. The number of aliphatic carboxylic acids is 1. The molecule has 0 fully saturated rings. The molecule has 5 heteroatoms. The predicted octanol–water partition coefficient (Wildman–Crippen LogP) is 2.31. The van der Waals surface area contributed by atoms with E-state index in [9.17, 15) is 9.59 Å². The molecule has 1 atom stereocenters. The molecule has 0 aromatic heterocycles. The summed E-state index contributed by atoms with van der Waals surface area (Å²) in [7, 11) is 0. The molecule has 1 aromatic carbocycles. The maximum atomic E-state index is 12.2. The topological polar surface area (TPSA) is 75.6 Å². The summed E-state index contributed by atoms with van der Waals surface area (Å²) >= 11 is 0. The van der Waals surface area contributed by atoms with E-state index in [4.69, 9.17) is 9.84 Å². The third-order valence-electron chi connectivity index (χ3n) is 2.74. The Morgan fingerprint density at radius 2 is 1.95 bits per heavy atom. The van der Waals surface area contributed by atoms with Gasteiger partial charge in [0.1, 0.15) is 11.8 Å². The highest BCUT2D eigenvalue weighted by Crippen LogP contribution is 2.18. The lowest BCUT2D eigenvalue weighted by Crippen LogP contribution is -2.41. The minimum atomic E-state index is -1.03. The zero-order chi connectivity index (χ0) is 15.1. The van der Waals surface area contributed by atoms with Crippen molar-refractivity contribution < 1.29 is 19.4 Å². The van der Waals surface area contributed by atoms with Crippen LogP contribution in [0.3, 0.4) is 0 Å². The van der Waals surface area contributed by atoms with Gasteiger partial charge in [-0.1, -0.05) is 26.0 Å². The smallest absolute Gasteiger partial charge is 0.326 e. The first-order valence-electron chi connectivity index (χ1n) is 6.71. The molecule has 0 aliphatic rings. The first-order valence-corrected chi connectivity index (χ1v) is 6.71. The minimum Gasteiger partial charge on any atom is -0.493 e. The Kier molecular flexibility index (Phi) is 6.03. The van der Waals surface area contributed by atoms with E-state index in [1.807, 2.05) is 20.8 Å². The lowest BCUT2D eigenvalue weighted by Gasteiger charge is -2.17. The van der Waals surface area contributed by atoms with Gasteiger partial charge in [-0.05, 0) is 31.4 Å². The van der Waals surface area contributed by atoms with Crippen LogP contribution < -0.4 is 10.1 Å². The molecule has 0 saturated carbocycles. The van der Waals surface area contributed by atoms with E-state index in [0.717, 1.165) is 0 Å². The number of carboxylic acid groups (broad SMARTS) is 1. The fourth-order valence-electron chi connectivity index (χ4n) is 1.86. The van der Waals surface area contributed by atoms with Gasteiger partial charge in [0.25, 0.3) is 5.91 Å². The molecule has 0 heterocycles. The van der Waals surface area contributed by atoms with Gasteiger partial charge in [-0.15, -0.1) is 0 Å². The van der Waals surface area contributed by atoms with Crippen LogP contribution in [-0.2, 0) is 4.79 Å². The molecule has 1 unspecified atom stereocenters. The van der Waals surface area contributed by atoms with Gasteiger partial charge in [0, 0.05) is 0 Å². The number of carboxylic acids is 1. The molecule has 0 aliphatic heterocycles. The van der Waals surface area contributed by atoms with Crippen molar-refractivity contribution in [3.8, 4) is 5.75 Å². The fourth-order valence-corrected chi connectivity index (χ4v) is 1.86. The van der Waals surface area contributed by atoms with Crippen LogP contribution in [0, 0.1) is 5.92 Å². The summed E-state index contributed by atoms with van der Waals surface area (Å²) in [5, 5.41) is 11.7. The lowest BCUT2D eigenvalue weighted by molar-refractivity contribution is -0.139. The molecular formula is C15H21NO4. The van der Waals surface area contributed by atoms with Gasteiger partial charge in [0.05, 0.1) is 12.2 Å². The minimum absolute atomic E-state index is 0.179. The van der Waals surface area contributed by atoms with E-state index < -0.39 is 17.9 Å². The Labute approximate surface area is 118 Å². The van der Waals surface area contributed by atoms with Crippen LogP contribution in [-0.4, -0.2) is 29.6 Å². The molecule has 1 rings (SSSR count). The largest absolute Gasteiger partial charge is 0.493 e. The molecule has 0 saturated heterocycles. The van der Waals surface area contributed by atoms with Crippen molar-refractivity contribution in [1.29, 1.82) is 0 Å². The summed E-state index contributed by atoms with van der Waals surface area (Å²) in [5.41, 5.74) is 0.351. The first kappa shape index (κ1) is 16.0. The maximum Gasteiger partial charge on any atom is 0.326 e. The third-order valence-corrected chi connectivity index (χ3v) is 2.74. The van der Waals surface area contributed by atoms with E-state index in [0.29, 0.717) is 24.3 Å². The van der Waals surface area contributed by atoms with Crippen molar-refractivity contribution in [2.75, 3.05) is 6.61 Å². The summed E-state index contributed by atoms with van der Waals surface area (Å²) < 4.78 is 5.37. The second-order valence-corrected chi connectivity index (χ2v) is 4.92. The standard InChI is InChI=1S/C15H21NO4/c1-4-20-13-8-6-5-7-11(13)14(17)16-12(15(18)19)9-10(2)3/h5-8,10,12H,4,9H2,1-3H3,(H,16,17)(H,18,19). The van der Waals surface area contributed by atoms with Crippen molar-refractivity contribution in [2.24, 2.45) is 5.92 Å². The molecule has 2 N–H and O–H groups in total. The molecule has 0 spiro atoms. The SMILES string of the molecule is CCOc1ccccc1C(=O)NC(CC(C)C)C(=O)O. The number of rotatable bonds is 7. The average Bonchev–Trinajstić information content (AvgIpc) is 2.38. The Bertz CT molecular complexity index is 471. The summed E-state index contributed by atoms with van der Waals surface area (Å²) in [4.78, 5) is 23.3. The first-order chi connectivity index (χ1) is 9.45. The third kappa shape index (κ3) is 4.57. The van der Waals surface area contributed by atoms with Crippen molar-refractivity contribution in [3.63, 3.8) is 0 Å². The van der Waals surface area contributed by atoms with Crippen LogP contribution in [0.15, 0.2) is 24.3 Å². The van der Waals surface area contributed by atoms with Gasteiger partial charge in [-0.2, -0.15) is 0 Å². The van der Waals surface area contributed by atoms with Gasteiger partial charge in [0.2, 0.25) is 0 Å². The van der Waals surface area contributed by atoms with E-state index in [1.165, 1.54) is 0 Å². The lowest BCUT2D eigenvalue weighted by atomic mass is 10.0. The second-order valence-electron chi connectivity index (χ2n) is 4.92. The number of benzene rings is 1. The van der Waals surface area contributed by atoms with E-state index in [2.05, 4.69) is 5.32 Å². The van der Waals surface area contributed by atoms with Crippen molar-refractivity contribution in [2.45, 2.75) is 33.2 Å². The highest BCUT2D eigenvalue weighted by atomic mass is 16.5. The summed E-state index contributed by atoms with van der Waals surface area (Å²) in [6, 6.07) is 5.91. The molecule has 0 radical (unpaired) electrons. The highest BCUT2D eigenvalue weighted by molar-refractivity contribution is 5.98. The zero-order valence-corrected chi connectivity index (χ0v) is 12.1. The van der Waals surface area contributed by atoms with Gasteiger partial charge in [-0.3, -0.25) is 4.79 Å². The zero-order valence-electron chi connectivity index (χ0n) is 12.1. The van der Waals surface area contributed by atoms with Gasteiger partial charge >= 0.3 is 5.97 Å². The number of carbonyl (C=O) groups is 2. The fraction of sp³-hybridized carbons (Fsp3) is 0.467. The molecule has 20 heavy (non-hydrogen) atoms. The number of hydrogen-bond acceptors (Lipinski definition) is 3. The molecule has 1 amide bonds. The second kappa shape index (κ2) is 7.53. The molecule has 5 nitrogen and oxygen atoms in total. The quantitative estimate of drug-likeness (QED) is 0.803. The Hall–Kier alpha value is -2.04. The number of nitrogens with one attached hydrogen (secondary N) is 1. The number of hydrogen-bond donors (Lipinski definition) is 2. The van der Waals surface area contributed by atoms with Crippen LogP contribution in [0.2, 0.25) is 0 Å². The number of ether oxygens (including phenoxy) is 1. The normalized spacial score (nSPS) is 12.0. The Morgan fingerprint density at radius 3 is 2.50 bits per heavy atom. The van der Waals surface area contributed by atoms with Gasteiger partial charge in [-0.25, -0.2) is 4.79 Å². The van der Waals surface area contributed by atoms with E-state index in [1.54, 1.807) is 24.3 Å². The van der Waals surface area contributed by atoms with E-state index >= 15 is 0 Å². The van der Waals surface area contributed by atoms with Gasteiger partial charge < -0.3 is 15.2 Å². The Balaban J connectivity index is 2.86. The average molecular weight is 279 g/mol. The van der Waals surface area contributed by atoms with Crippen molar-refractivity contribution in [1.82, 2.24) is 5.32 Å². The number of carbonyl (C=O) groups excluding carboxylic acids is 1.